The van der Waals surface area contributed by atoms with Gasteiger partial charge in [0.05, 0.1) is 23.4 Å². The maximum atomic E-state index is 13.4. The lowest BCUT2D eigenvalue weighted by Crippen LogP contribution is -2.14. The van der Waals surface area contributed by atoms with E-state index in [4.69, 9.17) is 5.11 Å². The van der Waals surface area contributed by atoms with Crippen molar-refractivity contribution in [1.29, 1.82) is 0 Å². The molecule has 1 aromatic heterocycles. The summed E-state index contributed by atoms with van der Waals surface area (Å²) in [6.07, 6.45) is 2.20. The molecule has 2 aromatic rings. The van der Waals surface area contributed by atoms with Gasteiger partial charge in [-0.05, 0) is 23.8 Å². The molecule has 0 radical (unpaired) electrons. The molecule has 1 heterocycles. The van der Waals surface area contributed by atoms with Crippen molar-refractivity contribution in [1.82, 2.24) is 4.98 Å². The van der Waals surface area contributed by atoms with Gasteiger partial charge in [-0.25, -0.2) is 12.8 Å². The summed E-state index contributed by atoms with van der Waals surface area (Å²) in [4.78, 5) is 3.49. The maximum absolute atomic E-state index is 13.4. The molecule has 0 fully saturated rings. The Hall–Kier alpha value is -1.99. The van der Waals surface area contributed by atoms with Gasteiger partial charge in [0.25, 0.3) is 10.0 Å². The number of aliphatic hydroxyl groups excluding tert-OH is 1. The van der Waals surface area contributed by atoms with Crippen LogP contribution in [0.3, 0.4) is 0 Å². The Morgan fingerprint density at radius 2 is 2.11 bits per heavy atom. The van der Waals surface area contributed by atoms with Crippen molar-refractivity contribution in [3.8, 4) is 0 Å². The van der Waals surface area contributed by atoms with Crippen molar-refractivity contribution in [3.63, 3.8) is 0 Å². The number of hydrogen-bond donors (Lipinski definition) is 2. The molecule has 0 aliphatic carbocycles. The van der Waals surface area contributed by atoms with Gasteiger partial charge in [0.15, 0.2) is 5.82 Å². The number of halogens is 1. The third-order valence-electron chi connectivity index (χ3n) is 2.41. The number of rotatable bonds is 4. The minimum absolute atomic E-state index is 0.0461. The number of benzene rings is 1. The number of nitrogens with zero attached hydrogens (tertiary/aromatic N) is 1. The van der Waals surface area contributed by atoms with E-state index in [9.17, 15) is 12.8 Å². The molecule has 0 unspecified atom stereocenters. The smallest absolute Gasteiger partial charge is 0.261 e. The Balaban J connectivity index is 2.35. The van der Waals surface area contributed by atoms with Crippen molar-refractivity contribution < 1.29 is 17.9 Å². The average Bonchev–Trinajstić information content (AvgIpc) is 2.41. The van der Waals surface area contributed by atoms with Gasteiger partial charge < -0.3 is 5.11 Å². The fourth-order valence-electron chi connectivity index (χ4n) is 1.47. The standard InChI is InChI=1S/C12H11FN2O3S/c13-11-7-14-5-4-12(11)15-19(17,18)10-3-1-2-9(6-10)8-16/h1-7,16H,8H2,(H,14,15). The highest BCUT2D eigenvalue weighted by Crippen LogP contribution is 2.18. The maximum Gasteiger partial charge on any atom is 0.261 e. The predicted molar refractivity (Wildman–Crippen MR) is 67.4 cm³/mol. The Morgan fingerprint density at radius 3 is 2.79 bits per heavy atom. The number of aromatic nitrogens is 1. The lowest BCUT2D eigenvalue weighted by molar-refractivity contribution is 0.281. The number of hydrogen-bond acceptors (Lipinski definition) is 4. The van der Waals surface area contributed by atoms with Crippen molar-refractivity contribution in [2.45, 2.75) is 11.5 Å². The van der Waals surface area contributed by atoms with Gasteiger partial charge in [0, 0.05) is 6.20 Å². The lowest BCUT2D eigenvalue weighted by Gasteiger charge is -2.09. The second-order valence-corrected chi connectivity index (χ2v) is 5.45. The van der Waals surface area contributed by atoms with E-state index in [0.717, 1.165) is 6.20 Å². The van der Waals surface area contributed by atoms with Crippen LogP contribution in [0.15, 0.2) is 47.6 Å². The molecule has 0 amide bonds. The SMILES string of the molecule is O=S(=O)(Nc1ccncc1F)c1cccc(CO)c1. The van der Waals surface area contributed by atoms with E-state index in [1.807, 2.05) is 0 Å². The zero-order chi connectivity index (χ0) is 13.9. The quantitative estimate of drug-likeness (QED) is 0.891. The molecule has 0 aliphatic rings. The first-order valence-corrected chi connectivity index (χ1v) is 6.83. The summed E-state index contributed by atoms with van der Waals surface area (Å²) < 4.78 is 39.6. The van der Waals surface area contributed by atoms with Crippen LogP contribution in [-0.4, -0.2) is 18.5 Å². The Morgan fingerprint density at radius 1 is 1.32 bits per heavy atom. The predicted octanol–water partition coefficient (Wildman–Crippen LogP) is 1.51. The van der Waals surface area contributed by atoms with E-state index in [0.29, 0.717) is 5.56 Å². The summed E-state index contributed by atoms with van der Waals surface area (Å²) in [7, 11) is -3.90. The minimum atomic E-state index is -3.90. The zero-order valence-corrected chi connectivity index (χ0v) is 10.6. The summed E-state index contributed by atoms with van der Waals surface area (Å²) in [6.45, 7) is -0.271. The average molecular weight is 282 g/mol. The van der Waals surface area contributed by atoms with Crippen LogP contribution >= 0.6 is 0 Å². The number of aliphatic hydroxyl groups is 1. The third-order valence-corrected chi connectivity index (χ3v) is 3.77. The van der Waals surface area contributed by atoms with Gasteiger partial charge in [-0.3, -0.25) is 9.71 Å². The number of anilines is 1. The molecule has 0 bridgehead atoms. The van der Waals surface area contributed by atoms with E-state index in [1.54, 1.807) is 6.07 Å². The minimum Gasteiger partial charge on any atom is -0.392 e. The van der Waals surface area contributed by atoms with Crippen LogP contribution in [0.5, 0.6) is 0 Å². The fraction of sp³-hybridized carbons (Fsp3) is 0.0833. The van der Waals surface area contributed by atoms with Crippen molar-refractivity contribution >= 4 is 15.7 Å². The summed E-state index contributed by atoms with van der Waals surface area (Å²) in [6, 6.07) is 7.00. The van der Waals surface area contributed by atoms with E-state index >= 15 is 0 Å². The summed E-state index contributed by atoms with van der Waals surface area (Å²) in [5, 5.41) is 8.98. The third kappa shape index (κ3) is 3.07. The molecule has 7 heteroatoms. The van der Waals surface area contributed by atoms with Crippen LogP contribution in [0.25, 0.3) is 0 Å². The zero-order valence-electron chi connectivity index (χ0n) is 9.75. The molecule has 0 spiro atoms. The summed E-state index contributed by atoms with van der Waals surface area (Å²) in [5.74, 6) is -0.760. The van der Waals surface area contributed by atoms with Gasteiger partial charge in [-0.15, -0.1) is 0 Å². The first-order valence-electron chi connectivity index (χ1n) is 5.35. The molecule has 1 aromatic carbocycles. The van der Waals surface area contributed by atoms with E-state index in [2.05, 4.69) is 9.71 Å². The van der Waals surface area contributed by atoms with Crippen LogP contribution in [0.1, 0.15) is 5.56 Å². The first kappa shape index (κ1) is 13.4. The number of pyridine rings is 1. The van der Waals surface area contributed by atoms with E-state index in [1.165, 1.54) is 30.5 Å². The van der Waals surface area contributed by atoms with Crippen molar-refractivity contribution in [2.24, 2.45) is 0 Å². The second kappa shape index (κ2) is 5.33. The summed E-state index contributed by atoms with van der Waals surface area (Å²) >= 11 is 0. The normalized spacial score (nSPS) is 11.3. The Labute approximate surface area is 109 Å². The molecule has 100 valence electrons. The molecular weight excluding hydrogens is 271 g/mol. The molecular formula is C12H11FN2O3S. The highest BCUT2D eigenvalue weighted by atomic mass is 32.2. The van der Waals surface area contributed by atoms with E-state index < -0.39 is 15.8 Å². The van der Waals surface area contributed by atoms with Gasteiger partial charge in [-0.1, -0.05) is 12.1 Å². The van der Waals surface area contributed by atoms with Crippen LogP contribution < -0.4 is 4.72 Å². The Kier molecular flexibility index (Phi) is 3.77. The Bertz CT molecular complexity index is 689. The van der Waals surface area contributed by atoms with Gasteiger partial charge in [-0.2, -0.15) is 0 Å². The molecule has 0 aliphatic heterocycles. The van der Waals surface area contributed by atoms with E-state index in [-0.39, 0.29) is 17.2 Å². The molecule has 5 nitrogen and oxygen atoms in total. The second-order valence-electron chi connectivity index (χ2n) is 3.77. The number of nitrogens with one attached hydrogen (secondary N) is 1. The highest BCUT2D eigenvalue weighted by molar-refractivity contribution is 7.92. The molecule has 0 atom stereocenters. The fourth-order valence-corrected chi connectivity index (χ4v) is 2.61. The van der Waals surface area contributed by atoms with Crippen molar-refractivity contribution in [3.05, 3.63) is 54.1 Å². The monoisotopic (exact) mass is 282 g/mol. The molecule has 0 saturated heterocycles. The summed E-state index contributed by atoms with van der Waals surface area (Å²) in [5.41, 5.74) is 0.280. The number of sulfonamides is 1. The highest BCUT2D eigenvalue weighted by Gasteiger charge is 2.16. The lowest BCUT2D eigenvalue weighted by atomic mass is 10.2. The topological polar surface area (TPSA) is 79.3 Å². The first-order chi connectivity index (χ1) is 9.03. The van der Waals surface area contributed by atoms with Crippen LogP contribution in [0, 0.1) is 5.82 Å². The van der Waals surface area contributed by atoms with Crippen LogP contribution in [-0.2, 0) is 16.6 Å². The molecule has 2 rings (SSSR count). The largest absolute Gasteiger partial charge is 0.392 e. The van der Waals surface area contributed by atoms with Gasteiger partial charge >= 0.3 is 0 Å². The van der Waals surface area contributed by atoms with Crippen LogP contribution in [0.4, 0.5) is 10.1 Å². The van der Waals surface area contributed by atoms with Crippen LogP contribution in [0.2, 0.25) is 0 Å². The van der Waals surface area contributed by atoms with Gasteiger partial charge in [0.1, 0.15) is 0 Å². The molecule has 0 saturated carbocycles. The van der Waals surface area contributed by atoms with Crippen molar-refractivity contribution in [2.75, 3.05) is 4.72 Å². The molecule has 19 heavy (non-hydrogen) atoms. The molecule has 2 N–H and O–H groups in total. The van der Waals surface area contributed by atoms with Gasteiger partial charge in [0.2, 0.25) is 0 Å².